The topological polar surface area (TPSA) is 47.3 Å². The Kier molecular flexibility index (Phi) is 3.16. The van der Waals surface area contributed by atoms with Crippen LogP contribution in [0.3, 0.4) is 0 Å². The van der Waals surface area contributed by atoms with Gasteiger partial charge in [0.25, 0.3) is 0 Å². The monoisotopic (exact) mass is 309 g/mol. The molecule has 2 heterocycles. The van der Waals surface area contributed by atoms with Crippen molar-refractivity contribution in [2.45, 2.75) is 0 Å². The summed E-state index contributed by atoms with van der Waals surface area (Å²) in [6.45, 7) is 0. The van der Waals surface area contributed by atoms with Crippen molar-refractivity contribution >= 4 is 35.1 Å². The molecular weight excluding hydrogens is 304 g/mol. The first-order valence-electron chi connectivity index (χ1n) is 5.55. The molecule has 100 valence electrons. The van der Waals surface area contributed by atoms with E-state index in [-0.39, 0.29) is 10.0 Å². The van der Waals surface area contributed by atoms with Crippen molar-refractivity contribution in [3.63, 3.8) is 0 Å². The van der Waals surface area contributed by atoms with Crippen LogP contribution >= 0.6 is 23.2 Å². The Morgan fingerprint density at radius 3 is 2.50 bits per heavy atom. The fourth-order valence-electron chi connectivity index (χ4n) is 1.91. The van der Waals surface area contributed by atoms with E-state index in [4.69, 9.17) is 23.2 Å². The van der Waals surface area contributed by atoms with Crippen molar-refractivity contribution in [1.82, 2.24) is 14.6 Å². The summed E-state index contributed by atoms with van der Waals surface area (Å²) in [7, 11) is 0. The number of benzene rings is 1. The Morgan fingerprint density at radius 1 is 1.15 bits per heavy atom. The van der Waals surface area contributed by atoms with Crippen LogP contribution in [0.1, 0.15) is 10.4 Å². The summed E-state index contributed by atoms with van der Waals surface area (Å²) in [5.74, 6) is -0.123. The summed E-state index contributed by atoms with van der Waals surface area (Å²) in [5.41, 5.74) is 1.22. The van der Waals surface area contributed by atoms with Gasteiger partial charge in [-0.15, -0.1) is 10.2 Å². The highest BCUT2D eigenvalue weighted by Gasteiger charge is 2.16. The number of aromatic nitrogens is 3. The maximum Gasteiger partial charge on any atom is 0.171 e. The van der Waals surface area contributed by atoms with Crippen LogP contribution in [0.4, 0.5) is 4.39 Å². The van der Waals surface area contributed by atoms with Gasteiger partial charge in [0.1, 0.15) is 12.1 Å². The van der Waals surface area contributed by atoms with Gasteiger partial charge in [-0.2, -0.15) is 0 Å². The third-order valence-corrected chi connectivity index (χ3v) is 3.39. The van der Waals surface area contributed by atoms with Gasteiger partial charge in [-0.05, 0) is 24.3 Å². The zero-order chi connectivity index (χ0) is 14.3. The number of rotatable bonds is 2. The Bertz CT molecular complexity index is 809. The number of carbonyl (C=O) groups is 1. The molecule has 0 saturated heterocycles. The first kappa shape index (κ1) is 13.0. The van der Waals surface area contributed by atoms with Crippen molar-refractivity contribution in [1.29, 1.82) is 0 Å². The lowest BCUT2D eigenvalue weighted by Crippen LogP contribution is -1.93. The molecule has 0 aliphatic rings. The van der Waals surface area contributed by atoms with Crippen molar-refractivity contribution in [3.8, 4) is 11.4 Å². The molecule has 3 aromatic rings. The Hall–Kier alpha value is -1.98. The lowest BCUT2D eigenvalue weighted by Gasteiger charge is -2.06. The number of nitrogens with zero attached hydrogens (tertiary/aromatic N) is 3. The van der Waals surface area contributed by atoms with Gasteiger partial charge in [-0.1, -0.05) is 23.2 Å². The minimum Gasteiger partial charge on any atom is -0.298 e. The first-order valence-corrected chi connectivity index (χ1v) is 6.30. The van der Waals surface area contributed by atoms with E-state index < -0.39 is 5.82 Å². The standard InChI is InChI=1S/C13H6Cl2FN3O/c14-9-3-7(6-20)4-10(15)12(9)13-18-17-11-2-1-8(16)5-19(11)13/h1-6H. The Morgan fingerprint density at radius 2 is 1.85 bits per heavy atom. The summed E-state index contributed by atoms with van der Waals surface area (Å²) in [4.78, 5) is 10.8. The largest absolute Gasteiger partial charge is 0.298 e. The normalized spacial score (nSPS) is 10.9. The predicted molar refractivity (Wildman–Crippen MR) is 73.8 cm³/mol. The molecule has 0 spiro atoms. The quantitative estimate of drug-likeness (QED) is 0.679. The second kappa shape index (κ2) is 4.85. The minimum atomic E-state index is -0.435. The summed E-state index contributed by atoms with van der Waals surface area (Å²) in [5, 5.41) is 8.39. The molecule has 0 amide bonds. The van der Waals surface area contributed by atoms with Crippen molar-refractivity contribution < 1.29 is 9.18 Å². The molecule has 4 nitrogen and oxygen atoms in total. The number of carbonyl (C=O) groups excluding carboxylic acids is 1. The number of halogens is 3. The van der Waals surface area contributed by atoms with Crippen molar-refractivity contribution in [2.75, 3.05) is 0 Å². The minimum absolute atomic E-state index is 0.248. The lowest BCUT2D eigenvalue weighted by atomic mass is 10.1. The molecule has 0 unspecified atom stereocenters. The second-order valence-electron chi connectivity index (χ2n) is 4.08. The zero-order valence-electron chi connectivity index (χ0n) is 9.85. The van der Waals surface area contributed by atoms with Gasteiger partial charge in [-0.25, -0.2) is 4.39 Å². The maximum absolute atomic E-state index is 13.3. The van der Waals surface area contributed by atoms with E-state index in [1.807, 2.05) is 0 Å². The van der Waals surface area contributed by atoms with Gasteiger partial charge in [-0.3, -0.25) is 9.20 Å². The van der Waals surface area contributed by atoms with Gasteiger partial charge >= 0.3 is 0 Å². The number of aldehydes is 1. The zero-order valence-corrected chi connectivity index (χ0v) is 11.4. The number of pyridine rings is 1. The van der Waals surface area contributed by atoms with E-state index in [9.17, 15) is 9.18 Å². The average Bonchev–Trinajstić information content (AvgIpc) is 2.81. The molecule has 7 heteroatoms. The number of hydrogen-bond donors (Lipinski definition) is 0. The van der Waals surface area contributed by atoms with E-state index in [0.29, 0.717) is 28.9 Å². The van der Waals surface area contributed by atoms with Gasteiger partial charge < -0.3 is 0 Å². The van der Waals surface area contributed by atoms with Crippen LogP contribution in [0.2, 0.25) is 10.0 Å². The molecule has 0 saturated carbocycles. The van der Waals surface area contributed by atoms with Crippen LogP contribution in [0.15, 0.2) is 30.5 Å². The molecule has 20 heavy (non-hydrogen) atoms. The fourth-order valence-corrected chi connectivity index (χ4v) is 2.58. The number of hydrogen-bond acceptors (Lipinski definition) is 3. The highest BCUT2D eigenvalue weighted by atomic mass is 35.5. The van der Waals surface area contributed by atoms with Gasteiger partial charge in [0.05, 0.1) is 15.6 Å². The molecule has 1 aromatic carbocycles. The molecule has 0 bridgehead atoms. The van der Waals surface area contributed by atoms with E-state index in [2.05, 4.69) is 10.2 Å². The van der Waals surface area contributed by atoms with Crippen LogP contribution < -0.4 is 0 Å². The van der Waals surface area contributed by atoms with E-state index in [1.54, 1.807) is 0 Å². The molecule has 0 N–H and O–H groups in total. The fraction of sp³-hybridized carbons (Fsp3) is 0. The smallest absolute Gasteiger partial charge is 0.171 e. The van der Waals surface area contributed by atoms with Gasteiger partial charge in [0, 0.05) is 11.8 Å². The third-order valence-electron chi connectivity index (χ3n) is 2.79. The van der Waals surface area contributed by atoms with Crippen LogP contribution in [0, 0.1) is 5.82 Å². The molecule has 0 radical (unpaired) electrons. The molecule has 0 aliphatic carbocycles. The summed E-state index contributed by atoms with van der Waals surface area (Å²) >= 11 is 12.3. The van der Waals surface area contributed by atoms with E-state index in [0.717, 1.165) is 0 Å². The van der Waals surface area contributed by atoms with Crippen molar-refractivity contribution in [3.05, 3.63) is 51.9 Å². The van der Waals surface area contributed by atoms with Gasteiger partial charge in [0.2, 0.25) is 0 Å². The molecule has 0 atom stereocenters. The van der Waals surface area contributed by atoms with Crippen molar-refractivity contribution in [2.24, 2.45) is 0 Å². The molecule has 0 fully saturated rings. The maximum atomic E-state index is 13.3. The highest BCUT2D eigenvalue weighted by Crippen LogP contribution is 2.34. The van der Waals surface area contributed by atoms with Gasteiger partial charge in [0.15, 0.2) is 11.5 Å². The predicted octanol–water partition coefficient (Wildman–Crippen LogP) is 3.65. The summed E-state index contributed by atoms with van der Waals surface area (Å²) in [6, 6.07) is 5.71. The number of fused-ring (bicyclic) bond motifs is 1. The third kappa shape index (κ3) is 2.05. The summed E-state index contributed by atoms with van der Waals surface area (Å²) < 4.78 is 14.8. The van der Waals surface area contributed by atoms with E-state index in [1.165, 1.54) is 34.9 Å². The SMILES string of the molecule is O=Cc1cc(Cl)c(-c2nnc3ccc(F)cn23)c(Cl)c1. The lowest BCUT2D eigenvalue weighted by molar-refractivity contribution is 0.112. The van der Waals surface area contributed by atoms with Crippen LogP contribution in [-0.2, 0) is 0 Å². The average molecular weight is 310 g/mol. The second-order valence-corrected chi connectivity index (χ2v) is 4.89. The molecular formula is C13H6Cl2FN3O. The van der Waals surface area contributed by atoms with Crippen LogP contribution in [0.25, 0.3) is 17.0 Å². The van der Waals surface area contributed by atoms with E-state index >= 15 is 0 Å². The summed E-state index contributed by atoms with van der Waals surface area (Å²) in [6.07, 6.45) is 1.88. The van der Waals surface area contributed by atoms with Crippen LogP contribution in [0.5, 0.6) is 0 Å². The Labute approximate surface area is 122 Å². The molecule has 2 aromatic heterocycles. The van der Waals surface area contributed by atoms with Crippen LogP contribution in [-0.4, -0.2) is 20.9 Å². The first-order chi connectivity index (χ1) is 9.60. The molecule has 3 rings (SSSR count). The molecule has 0 aliphatic heterocycles. The Balaban J connectivity index is 2.31. The highest BCUT2D eigenvalue weighted by molar-refractivity contribution is 6.39.